The van der Waals surface area contributed by atoms with Crippen molar-refractivity contribution in [2.75, 3.05) is 36.0 Å². The number of aromatic nitrogens is 1. The number of pyridine rings is 1. The van der Waals surface area contributed by atoms with Gasteiger partial charge in [0.2, 0.25) is 0 Å². The van der Waals surface area contributed by atoms with E-state index in [0.29, 0.717) is 37.7 Å². The molecule has 0 N–H and O–H groups in total. The summed E-state index contributed by atoms with van der Waals surface area (Å²) in [5.41, 5.74) is -0.379. The topological polar surface area (TPSA) is 19.4 Å². The van der Waals surface area contributed by atoms with Crippen LogP contribution in [-0.2, 0) is 6.18 Å². The largest absolute Gasteiger partial charge is 0.433 e. The molecule has 0 atom stereocenters. The van der Waals surface area contributed by atoms with Gasteiger partial charge in [-0.25, -0.2) is 9.37 Å². The summed E-state index contributed by atoms with van der Waals surface area (Å²) in [5.74, 6) is 0.00570. The Bertz CT molecular complexity index is 679. The number of rotatable bonds is 2. The highest BCUT2D eigenvalue weighted by Gasteiger charge is 2.33. The number of hydrogen-bond donors (Lipinski definition) is 0. The summed E-state index contributed by atoms with van der Waals surface area (Å²) in [6.45, 7) is 2.03. The van der Waals surface area contributed by atoms with Crippen molar-refractivity contribution < 1.29 is 17.6 Å². The Morgan fingerprint density at radius 1 is 0.826 bits per heavy atom. The van der Waals surface area contributed by atoms with Crippen LogP contribution < -0.4 is 9.80 Å². The third kappa shape index (κ3) is 3.38. The Morgan fingerprint density at radius 2 is 1.48 bits per heavy atom. The minimum absolute atomic E-state index is 0.293. The van der Waals surface area contributed by atoms with Crippen molar-refractivity contribution in [3.05, 3.63) is 54.0 Å². The smallest absolute Gasteiger partial charge is 0.366 e. The Hall–Kier alpha value is -2.31. The summed E-state index contributed by atoms with van der Waals surface area (Å²) in [5, 5.41) is 0. The first-order chi connectivity index (χ1) is 10.9. The number of benzene rings is 1. The molecule has 0 bridgehead atoms. The average Bonchev–Trinajstić information content (AvgIpc) is 2.55. The highest BCUT2D eigenvalue weighted by atomic mass is 19.4. The Labute approximate surface area is 131 Å². The van der Waals surface area contributed by atoms with E-state index < -0.39 is 11.9 Å². The van der Waals surface area contributed by atoms with E-state index in [-0.39, 0.29) is 5.82 Å². The standard InChI is InChI=1S/C16H15F4N3/c17-12-4-1-2-5-13(12)22-8-10-23(11-9-22)15-7-3-6-14(21-15)16(18,19)20/h1-7H,8-11H2. The fourth-order valence-electron chi connectivity index (χ4n) is 2.64. The van der Waals surface area contributed by atoms with Crippen LogP contribution in [0.25, 0.3) is 0 Å². The summed E-state index contributed by atoms with van der Waals surface area (Å²) in [6, 6.07) is 10.4. The lowest BCUT2D eigenvalue weighted by Gasteiger charge is -2.37. The molecule has 122 valence electrons. The van der Waals surface area contributed by atoms with Crippen molar-refractivity contribution in [3.8, 4) is 0 Å². The molecule has 2 heterocycles. The van der Waals surface area contributed by atoms with Gasteiger partial charge >= 0.3 is 6.18 Å². The van der Waals surface area contributed by atoms with Gasteiger partial charge in [0.25, 0.3) is 0 Å². The van der Waals surface area contributed by atoms with E-state index in [1.807, 2.05) is 4.90 Å². The van der Waals surface area contributed by atoms with Crippen molar-refractivity contribution in [1.29, 1.82) is 0 Å². The number of halogens is 4. The Kier molecular flexibility index (Phi) is 4.11. The molecule has 1 aliphatic rings. The minimum atomic E-state index is -4.45. The molecule has 1 aromatic heterocycles. The van der Waals surface area contributed by atoms with Crippen LogP contribution in [0.15, 0.2) is 42.5 Å². The highest BCUT2D eigenvalue weighted by Crippen LogP contribution is 2.29. The second-order valence-corrected chi connectivity index (χ2v) is 5.30. The summed E-state index contributed by atoms with van der Waals surface area (Å²) in [6.07, 6.45) is -4.45. The molecule has 1 aromatic carbocycles. The zero-order chi connectivity index (χ0) is 16.4. The van der Waals surface area contributed by atoms with Crippen LogP contribution in [0.2, 0.25) is 0 Å². The molecule has 1 fully saturated rings. The molecule has 7 heteroatoms. The summed E-state index contributed by atoms with van der Waals surface area (Å²) >= 11 is 0. The van der Waals surface area contributed by atoms with E-state index in [9.17, 15) is 17.6 Å². The predicted octanol–water partition coefficient (Wildman–Crippen LogP) is 3.57. The molecule has 1 saturated heterocycles. The van der Waals surface area contributed by atoms with E-state index in [1.54, 1.807) is 29.2 Å². The molecule has 23 heavy (non-hydrogen) atoms. The monoisotopic (exact) mass is 325 g/mol. The lowest BCUT2D eigenvalue weighted by molar-refractivity contribution is -0.141. The van der Waals surface area contributed by atoms with E-state index >= 15 is 0 Å². The fourth-order valence-corrected chi connectivity index (χ4v) is 2.64. The van der Waals surface area contributed by atoms with Crippen molar-refractivity contribution >= 4 is 11.5 Å². The van der Waals surface area contributed by atoms with Gasteiger partial charge in [0, 0.05) is 26.2 Å². The molecular weight excluding hydrogens is 310 g/mol. The van der Waals surface area contributed by atoms with Crippen molar-refractivity contribution in [3.63, 3.8) is 0 Å². The first-order valence-corrected chi connectivity index (χ1v) is 7.24. The molecule has 0 saturated carbocycles. The molecule has 0 aliphatic carbocycles. The maximum atomic E-state index is 13.8. The van der Waals surface area contributed by atoms with Crippen LogP contribution >= 0.6 is 0 Å². The Balaban J connectivity index is 1.71. The van der Waals surface area contributed by atoms with E-state index in [1.165, 1.54) is 12.1 Å². The zero-order valence-electron chi connectivity index (χ0n) is 12.2. The second-order valence-electron chi connectivity index (χ2n) is 5.30. The second kappa shape index (κ2) is 6.06. The molecule has 3 rings (SSSR count). The van der Waals surface area contributed by atoms with Gasteiger partial charge in [-0.15, -0.1) is 0 Å². The molecule has 0 amide bonds. The van der Waals surface area contributed by atoms with Gasteiger partial charge in [-0.2, -0.15) is 13.2 Å². The highest BCUT2D eigenvalue weighted by molar-refractivity contribution is 5.50. The third-order valence-electron chi connectivity index (χ3n) is 3.82. The summed E-state index contributed by atoms with van der Waals surface area (Å²) < 4.78 is 52.0. The van der Waals surface area contributed by atoms with E-state index in [2.05, 4.69) is 4.98 Å². The van der Waals surface area contributed by atoms with Crippen LogP contribution in [0.3, 0.4) is 0 Å². The molecule has 0 spiro atoms. The van der Waals surface area contributed by atoms with Crippen molar-refractivity contribution in [2.45, 2.75) is 6.18 Å². The molecule has 3 nitrogen and oxygen atoms in total. The van der Waals surface area contributed by atoms with Gasteiger partial charge in [0.15, 0.2) is 0 Å². The summed E-state index contributed by atoms with van der Waals surface area (Å²) in [4.78, 5) is 7.36. The lowest BCUT2D eigenvalue weighted by atomic mass is 10.2. The van der Waals surface area contributed by atoms with Gasteiger partial charge in [0.1, 0.15) is 17.3 Å². The van der Waals surface area contributed by atoms with Crippen LogP contribution in [-0.4, -0.2) is 31.2 Å². The van der Waals surface area contributed by atoms with Crippen LogP contribution in [0.4, 0.5) is 29.1 Å². The number of anilines is 2. The number of piperazine rings is 1. The minimum Gasteiger partial charge on any atom is -0.366 e. The van der Waals surface area contributed by atoms with Crippen LogP contribution in [0.5, 0.6) is 0 Å². The fraction of sp³-hybridized carbons (Fsp3) is 0.312. The zero-order valence-corrected chi connectivity index (χ0v) is 12.2. The van der Waals surface area contributed by atoms with E-state index in [0.717, 1.165) is 6.07 Å². The number of alkyl halides is 3. The van der Waals surface area contributed by atoms with Crippen molar-refractivity contribution in [1.82, 2.24) is 4.98 Å². The first-order valence-electron chi connectivity index (χ1n) is 7.24. The maximum Gasteiger partial charge on any atom is 0.433 e. The molecule has 0 unspecified atom stereocenters. The summed E-state index contributed by atoms with van der Waals surface area (Å²) in [7, 11) is 0. The Morgan fingerprint density at radius 3 is 2.13 bits per heavy atom. The van der Waals surface area contributed by atoms with Gasteiger partial charge in [0.05, 0.1) is 5.69 Å². The average molecular weight is 325 g/mol. The normalized spacial score (nSPS) is 15.8. The predicted molar refractivity (Wildman–Crippen MR) is 80.1 cm³/mol. The molecule has 2 aromatic rings. The van der Waals surface area contributed by atoms with Crippen LogP contribution in [0, 0.1) is 5.82 Å². The maximum absolute atomic E-state index is 13.8. The number of para-hydroxylation sites is 1. The quantitative estimate of drug-likeness (QED) is 0.787. The third-order valence-corrected chi connectivity index (χ3v) is 3.82. The van der Waals surface area contributed by atoms with Gasteiger partial charge < -0.3 is 9.80 Å². The van der Waals surface area contributed by atoms with Gasteiger partial charge in [-0.3, -0.25) is 0 Å². The molecule has 1 aliphatic heterocycles. The number of hydrogen-bond acceptors (Lipinski definition) is 3. The SMILES string of the molecule is Fc1ccccc1N1CCN(c2cccc(C(F)(F)F)n2)CC1. The van der Waals surface area contributed by atoms with Gasteiger partial charge in [-0.1, -0.05) is 18.2 Å². The lowest BCUT2D eigenvalue weighted by Crippen LogP contribution is -2.47. The van der Waals surface area contributed by atoms with Crippen molar-refractivity contribution in [2.24, 2.45) is 0 Å². The number of nitrogens with zero attached hydrogens (tertiary/aromatic N) is 3. The molecular formula is C16H15F4N3. The van der Waals surface area contributed by atoms with Crippen LogP contribution in [0.1, 0.15) is 5.69 Å². The van der Waals surface area contributed by atoms with E-state index in [4.69, 9.17) is 0 Å². The van der Waals surface area contributed by atoms with Gasteiger partial charge in [-0.05, 0) is 24.3 Å². The first kappa shape index (κ1) is 15.6. The molecule has 0 radical (unpaired) electrons.